The number of benzene rings is 2. The zero-order chi connectivity index (χ0) is 26.6. The second-order valence-corrected chi connectivity index (χ2v) is 10.8. The van der Waals surface area contributed by atoms with Crippen molar-refractivity contribution in [1.82, 2.24) is 15.3 Å². The molecule has 2 N–H and O–H groups in total. The Bertz CT molecular complexity index is 1300. The quantitative estimate of drug-likeness (QED) is 0.439. The van der Waals surface area contributed by atoms with E-state index in [0.29, 0.717) is 23.5 Å². The minimum absolute atomic E-state index is 0.263. The Kier molecular flexibility index (Phi) is 7.53. The molecule has 1 aromatic heterocycles. The maximum absolute atomic E-state index is 5.63. The lowest BCUT2D eigenvalue weighted by atomic mass is 10.0. The van der Waals surface area contributed by atoms with Crippen molar-refractivity contribution in [2.45, 2.75) is 26.3 Å². The van der Waals surface area contributed by atoms with Crippen LogP contribution in [0.5, 0.6) is 11.5 Å². The van der Waals surface area contributed by atoms with Crippen LogP contribution in [-0.2, 0) is 6.54 Å². The van der Waals surface area contributed by atoms with Gasteiger partial charge in [-0.05, 0) is 60.8 Å². The molecule has 3 aromatic rings. The highest BCUT2D eigenvalue weighted by molar-refractivity contribution is 7.80. The summed E-state index contributed by atoms with van der Waals surface area (Å²) in [7, 11) is 0. The summed E-state index contributed by atoms with van der Waals surface area (Å²) in [5, 5.41) is 7.01. The molecule has 2 fully saturated rings. The molecule has 4 heterocycles. The van der Waals surface area contributed by atoms with Crippen molar-refractivity contribution in [3.63, 3.8) is 0 Å². The summed E-state index contributed by atoms with van der Waals surface area (Å²) in [6.45, 7) is 8.83. The summed E-state index contributed by atoms with van der Waals surface area (Å²) in [5.74, 6) is 4.60. The number of hydrogen-bond acceptors (Lipinski definition) is 8. The first kappa shape index (κ1) is 25.5. The molecule has 1 unspecified atom stereocenters. The van der Waals surface area contributed by atoms with Gasteiger partial charge in [-0.15, -0.1) is 0 Å². The fourth-order valence-corrected chi connectivity index (χ4v) is 5.57. The Hall–Kier alpha value is -3.79. The van der Waals surface area contributed by atoms with Crippen LogP contribution in [-0.4, -0.2) is 61.1 Å². The van der Waals surface area contributed by atoms with Gasteiger partial charge in [-0.25, -0.2) is 0 Å². The third kappa shape index (κ3) is 6.11. The van der Waals surface area contributed by atoms with E-state index in [1.54, 1.807) is 0 Å². The van der Waals surface area contributed by atoms with Gasteiger partial charge in [0.05, 0.1) is 0 Å². The minimum atomic E-state index is 0.263. The maximum atomic E-state index is 5.63. The lowest BCUT2D eigenvalue weighted by molar-refractivity contribution is 0.174. The molecule has 2 saturated heterocycles. The third-order valence-electron chi connectivity index (χ3n) is 7.52. The zero-order valence-corrected chi connectivity index (χ0v) is 23.1. The zero-order valence-electron chi connectivity index (χ0n) is 22.3. The molecule has 9 nitrogen and oxygen atoms in total. The van der Waals surface area contributed by atoms with Gasteiger partial charge >= 0.3 is 0 Å². The Morgan fingerprint density at radius 1 is 0.897 bits per heavy atom. The minimum Gasteiger partial charge on any atom is -0.454 e. The molecule has 0 saturated carbocycles. The smallest absolute Gasteiger partial charge is 0.232 e. The molecule has 6 rings (SSSR count). The predicted octanol–water partition coefficient (Wildman–Crippen LogP) is 4.25. The summed E-state index contributed by atoms with van der Waals surface area (Å²) in [5.41, 5.74) is 2.32. The highest BCUT2D eigenvalue weighted by Gasteiger charge is 2.23. The molecule has 0 amide bonds. The van der Waals surface area contributed by atoms with E-state index >= 15 is 0 Å². The number of piperazine rings is 1. The van der Waals surface area contributed by atoms with Crippen molar-refractivity contribution in [3.8, 4) is 11.5 Å². The fourth-order valence-electron chi connectivity index (χ4n) is 5.41. The highest BCUT2D eigenvalue weighted by atomic mass is 32.1. The lowest BCUT2D eigenvalue weighted by Crippen LogP contribution is -2.47. The van der Waals surface area contributed by atoms with E-state index in [1.807, 2.05) is 18.2 Å². The fraction of sp³-hybridized carbons (Fsp3) is 0.414. The average molecular weight is 546 g/mol. The van der Waals surface area contributed by atoms with Gasteiger partial charge in [0.1, 0.15) is 11.6 Å². The van der Waals surface area contributed by atoms with Crippen molar-refractivity contribution in [2.75, 3.05) is 66.1 Å². The van der Waals surface area contributed by atoms with Crippen LogP contribution < -0.4 is 34.8 Å². The number of rotatable bonds is 6. The number of piperidine rings is 1. The van der Waals surface area contributed by atoms with Gasteiger partial charge < -0.3 is 34.8 Å². The Labute approximate surface area is 235 Å². The monoisotopic (exact) mass is 545 g/mol. The first-order valence-electron chi connectivity index (χ1n) is 13.7. The van der Waals surface area contributed by atoms with Crippen molar-refractivity contribution < 1.29 is 9.47 Å². The molecule has 0 bridgehead atoms. The summed E-state index contributed by atoms with van der Waals surface area (Å²) in [6.07, 6.45) is 2.43. The Morgan fingerprint density at radius 2 is 1.64 bits per heavy atom. The van der Waals surface area contributed by atoms with Gasteiger partial charge in [0.2, 0.25) is 12.7 Å². The SMILES string of the molecule is CC1CCCN(c2cc(N3CCN(c4ccccc4)CC3)nc(NC(=S)NCc3ccc4c(c3)OCO4)n2)C1. The second-order valence-electron chi connectivity index (χ2n) is 10.4. The third-order valence-corrected chi connectivity index (χ3v) is 7.77. The Balaban J connectivity index is 1.15. The van der Waals surface area contributed by atoms with Gasteiger partial charge in [0.25, 0.3) is 0 Å². The number of ether oxygens (including phenoxy) is 2. The molecule has 1 atom stereocenters. The summed E-state index contributed by atoms with van der Waals surface area (Å²) >= 11 is 5.63. The highest BCUT2D eigenvalue weighted by Crippen LogP contribution is 2.32. The number of para-hydroxylation sites is 1. The molecular formula is C29H35N7O2S. The van der Waals surface area contributed by atoms with Crippen LogP contribution in [0.2, 0.25) is 0 Å². The van der Waals surface area contributed by atoms with Crippen LogP contribution in [0.4, 0.5) is 23.3 Å². The van der Waals surface area contributed by atoms with E-state index in [2.05, 4.69) is 68.7 Å². The van der Waals surface area contributed by atoms with Gasteiger partial charge in [-0.2, -0.15) is 9.97 Å². The standard InChI is InChI=1S/C29H35N7O2S/c1-21-6-5-11-36(19-21)27-17-26(35-14-12-34(13-15-35)23-7-3-2-4-8-23)31-28(32-27)33-29(39)30-18-22-9-10-24-25(16-22)38-20-37-24/h2-4,7-10,16-17,21H,5-6,11-15,18-20H2,1H3,(H2,30,31,32,33,39). The molecule has 0 spiro atoms. The van der Waals surface area contributed by atoms with Gasteiger partial charge in [0, 0.05) is 57.6 Å². The average Bonchev–Trinajstić information content (AvgIpc) is 3.45. The molecule has 39 heavy (non-hydrogen) atoms. The van der Waals surface area contributed by atoms with Crippen molar-refractivity contribution in [1.29, 1.82) is 0 Å². The van der Waals surface area contributed by atoms with Gasteiger partial charge in [-0.3, -0.25) is 0 Å². The molecule has 10 heteroatoms. The summed E-state index contributed by atoms with van der Waals surface area (Å²) in [6, 6.07) is 18.7. The first-order chi connectivity index (χ1) is 19.1. The lowest BCUT2D eigenvalue weighted by Gasteiger charge is -2.37. The molecule has 3 aliphatic heterocycles. The van der Waals surface area contributed by atoms with Crippen LogP contribution in [0, 0.1) is 5.92 Å². The van der Waals surface area contributed by atoms with Crippen LogP contribution in [0.15, 0.2) is 54.6 Å². The van der Waals surface area contributed by atoms with E-state index in [1.165, 1.54) is 18.5 Å². The normalized spacial score (nSPS) is 18.7. The molecular weight excluding hydrogens is 510 g/mol. The largest absolute Gasteiger partial charge is 0.454 e. The van der Waals surface area contributed by atoms with Crippen LogP contribution >= 0.6 is 12.2 Å². The van der Waals surface area contributed by atoms with E-state index < -0.39 is 0 Å². The van der Waals surface area contributed by atoms with Crippen molar-refractivity contribution in [2.24, 2.45) is 5.92 Å². The number of hydrogen-bond donors (Lipinski definition) is 2. The first-order valence-corrected chi connectivity index (χ1v) is 14.1. The van der Waals surface area contributed by atoms with Crippen LogP contribution in [0.25, 0.3) is 0 Å². The molecule has 0 aliphatic carbocycles. The molecule has 2 aromatic carbocycles. The summed E-state index contributed by atoms with van der Waals surface area (Å²) in [4.78, 5) is 17.0. The summed E-state index contributed by atoms with van der Waals surface area (Å²) < 4.78 is 10.9. The number of anilines is 4. The number of nitrogens with one attached hydrogen (secondary N) is 2. The number of nitrogens with zero attached hydrogens (tertiary/aromatic N) is 5. The predicted molar refractivity (Wildman–Crippen MR) is 159 cm³/mol. The van der Waals surface area contributed by atoms with E-state index in [-0.39, 0.29) is 6.79 Å². The number of fused-ring (bicyclic) bond motifs is 1. The molecule has 0 radical (unpaired) electrons. The van der Waals surface area contributed by atoms with Crippen LogP contribution in [0.1, 0.15) is 25.3 Å². The van der Waals surface area contributed by atoms with E-state index in [9.17, 15) is 0 Å². The number of thiocarbonyl (C=S) groups is 1. The second kappa shape index (κ2) is 11.5. The van der Waals surface area contributed by atoms with E-state index in [0.717, 1.165) is 68.0 Å². The molecule has 204 valence electrons. The van der Waals surface area contributed by atoms with Crippen LogP contribution in [0.3, 0.4) is 0 Å². The molecule has 3 aliphatic rings. The van der Waals surface area contributed by atoms with Gasteiger partial charge in [0.15, 0.2) is 16.6 Å². The number of aromatic nitrogens is 2. The van der Waals surface area contributed by atoms with E-state index in [4.69, 9.17) is 31.7 Å². The van der Waals surface area contributed by atoms with Gasteiger partial charge in [-0.1, -0.05) is 31.2 Å². The maximum Gasteiger partial charge on any atom is 0.232 e. The van der Waals surface area contributed by atoms with Crippen molar-refractivity contribution in [3.05, 3.63) is 60.2 Å². The van der Waals surface area contributed by atoms with Crippen molar-refractivity contribution >= 4 is 40.6 Å². The Morgan fingerprint density at radius 3 is 2.44 bits per heavy atom. The topological polar surface area (TPSA) is 78.0 Å².